The number of aromatic nitrogens is 2. The normalized spacial score (nSPS) is 22.4. The van der Waals surface area contributed by atoms with Crippen LogP contribution in [0.15, 0.2) is 59.4 Å². The Morgan fingerprint density at radius 3 is 2.53 bits per heavy atom. The quantitative estimate of drug-likeness (QED) is 0.646. The van der Waals surface area contributed by atoms with Gasteiger partial charge in [-0.1, -0.05) is 42.5 Å². The van der Waals surface area contributed by atoms with E-state index in [4.69, 9.17) is 0 Å². The Labute approximate surface area is 176 Å². The molecule has 2 heterocycles. The summed E-state index contributed by atoms with van der Waals surface area (Å²) in [6, 6.07) is 18.6. The summed E-state index contributed by atoms with van der Waals surface area (Å²) >= 11 is 0. The van der Waals surface area contributed by atoms with E-state index in [1.165, 1.54) is 5.56 Å². The van der Waals surface area contributed by atoms with Gasteiger partial charge in [0.1, 0.15) is 5.78 Å². The third kappa shape index (κ3) is 3.86. The topological polar surface area (TPSA) is 58.1 Å². The van der Waals surface area contributed by atoms with E-state index in [2.05, 4.69) is 34.1 Å². The highest BCUT2D eigenvalue weighted by atomic mass is 16.1. The van der Waals surface area contributed by atoms with Crippen LogP contribution in [0.1, 0.15) is 49.6 Å². The van der Waals surface area contributed by atoms with Crippen molar-refractivity contribution in [2.24, 2.45) is 5.92 Å². The third-order valence-corrected chi connectivity index (χ3v) is 6.88. The van der Waals surface area contributed by atoms with E-state index in [-0.39, 0.29) is 17.6 Å². The summed E-state index contributed by atoms with van der Waals surface area (Å²) in [5, 5.41) is 0. The van der Waals surface area contributed by atoms with Crippen LogP contribution in [0, 0.1) is 5.92 Å². The molecule has 5 rings (SSSR count). The molecule has 0 spiro atoms. The van der Waals surface area contributed by atoms with Gasteiger partial charge in [-0.25, -0.2) is 4.79 Å². The van der Waals surface area contributed by atoms with Crippen molar-refractivity contribution in [3.05, 3.63) is 70.6 Å². The van der Waals surface area contributed by atoms with Gasteiger partial charge in [-0.15, -0.1) is 0 Å². The summed E-state index contributed by atoms with van der Waals surface area (Å²) in [6.45, 7) is 2.95. The second-order valence-electron chi connectivity index (χ2n) is 8.82. The lowest BCUT2D eigenvalue weighted by molar-refractivity contribution is -0.120. The van der Waals surface area contributed by atoms with E-state index < -0.39 is 0 Å². The number of ketones is 1. The third-order valence-electron chi connectivity index (χ3n) is 6.88. The molecule has 2 atom stereocenters. The number of aromatic amines is 1. The number of rotatable bonds is 7. The number of para-hydroxylation sites is 2. The fraction of sp³-hybridized carbons (Fsp3) is 0.440. The summed E-state index contributed by atoms with van der Waals surface area (Å²) in [4.78, 5) is 30.4. The average Bonchev–Trinajstić information content (AvgIpc) is 3.51. The number of likely N-dealkylation sites (tertiary alicyclic amines) is 1. The summed E-state index contributed by atoms with van der Waals surface area (Å²) in [7, 11) is 0. The Morgan fingerprint density at radius 2 is 1.73 bits per heavy atom. The molecule has 1 unspecified atom stereocenters. The van der Waals surface area contributed by atoms with E-state index in [1.54, 1.807) is 0 Å². The van der Waals surface area contributed by atoms with Gasteiger partial charge in [0.05, 0.1) is 11.0 Å². The van der Waals surface area contributed by atoms with Crippen LogP contribution in [0.2, 0.25) is 0 Å². The van der Waals surface area contributed by atoms with E-state index in [1.807, 2.05) is 34.9 Å². The Bertz CT molecular complexity index is 1080. The first-order valence-electron chi connectivity index (χ1n) is 11.2. The van der Waals surface area contributed by atoms with Gasteiger partial charge in [-0.3, -0.25) is 9.36 Å². The number of benzene rings is 2. The number of Topliss-reactive ketones (excluding diaryl/α,β-unsaturated/α-hetero) is 1. The number of nitrogens with zero attached hydrogens (tertiary/aromatic N) is 2. The van der Waals surface area contributed by atoms with E-state index in [0.717, 1.165) is 56.4 Å². The number of hydrogen-bond donors (Lipinski definition) is 1. The second-order valence-corrected chi connectivity index (χ2v) is 8.82. The molecular formula is C25H29N3O2. The number of piperidine rings is 1. The number of nitrogens with one attached hydrogen (secondary N) is 1. The van der Waals surface area contributed by atoms with Crippen molar-refractivity contribution in [2.45, 2.75) is 44.1 Å². The summed E-state index contributed by atoms with van der Waals surface area (Å²) < 4.78 is 1.94. The molecule has 0 amide bonds. The summed E-state index contributed by atoms with van der Waals surface area (Å²) in [5.41, 5.74) is 3.23. The SMILES string of the molecule is O=C(CCCN1CCC(n2c(=O)[nH]c3ccccc32)CC1)C1C[C@H]1c1ccccc1. The van der Waals surface area contributed by atoms with Gasteiger partial charge in [0.25, 0.3) is 0 Å². The molecule has 5 heteroatoms. The van der Waals surface area contributed by atoms with Gasteiger partial charge in [0.2, 0.25) is 0 Å². The highest BCUT2D eigenvalue weighted by Gasteiger charge is 2.42. The van der Waals surface area contributed by atoms with Gasteiger partial charge in [0, 0.05) is 31.5 Å². The van der Waals surface area contributed by atoms with Crippen molar-refractivity contribution in [3.63, 3.8) is 0 Å². The van der Waals surface area contributed by atoms with Gasteiger partial charge in [0.15, 0.2) is 0 Å². The number of carbonyl (C=O) groups is 1. The molecule has 1 saturated heterocycles. The molecule has 1 N–H and O–H groups in total. The lowest BCUT2D eigenvalue weighted by Crippen LogP contribution is -2.37. The highest BCUT2D eigenvalue weighted by Crippen LogP contribution is 2.48. The fourth-order valence-corrected chi connectivity index (χ4v) is 5.12. The Kier molecular flexibility index (Phi) is 5.30. The van der Waals surface area contributed by atoms with Crippen molar-refractivity contribution in [2.75, 3.05) is 19.6 Å². The predicted molar refractivity (Wildman–Crippen MR) is 119 cm³/mol. The van der Waals surface area contributed by atoms with E-state index >= 15 is 0 Å². The standard InChI is InChI=1S/C25H29N3O2/c29-24(21-17-20(21)18-7-2-1-3-8-18)11-6-14-27-15-12-19(13-16-27)28-23-10-5-4-9-22(23)26-25(28)30/h1-5,7-10,19-21H,6,11-17H2,(H,26,30)/t20-,21?/m0/s1. The van der Waals surface area contributed by atoms with Crippen LogP contribution in [-0.4, -0.2) is 39.9 Å². The first-order chi connectivity index (χ1) is 14.7. The number of H-pyrrole nitrogens is 1. The van der Waals surface area contributed by atoms with Gasteiger partial charge in [-0.2, -0.15) is 0 Å². The van der Waals surface area contributed by atoms with E-state index in [9.17, 15) is 9.59 Å². The molecule has 3 aromatic rings. The molecule has 2 aliphatic rings. The molecule has 2 fully saturated rings. The first-order valence-corrected chi connectivity index (χ1v) is 11.2. The number of imidazole rings is 1. The molecule has 2 aromatic carbocycles. The minimum atomic E-state index is -0.00218. The second kappa shape index (κ2) is 8.23. The molecule has 0 radical (unpaired) electrons. The monoisotopic (exact) mass is 403 g/mol. The zero-order chi connectivity index (χ0) is 20.5. The summed E-state index contributed by atoms with van der Waals surface area (Å²) in [5.74, 6) is 1.12. The molecule has 0 bridgehead atoms. The maximum absolute atomic E-state index is 12.5. The highest BCUT2D eigenvalue weighted by molar-refractivity contribution is 5.85. The Morgan fingerprint density at radius 1 is 1.00 bits per heavy atom. The van der Waals surface area contributed by atoms with Crippen LogP contribution in [-0.2, 0) is 4.79 Å². The predicted octanol–water partition coefficient (Wildman–Crippen LogP) is 4.12. The molecule has 1 aliphatic carbocycles. The largest absolute Gasteiger partial charge is 0.326 e. The van der Waals surface area contributed by atoms with Crippen molar-refractivity contribution in [1.29, 1.82) is 0 Å². The van der Waals surface area contributed by atoms with Crippen LogP contribution in [0.4, 0.5) is 0 Å². The first kappa shape index (κ1) is 19.3. The van der Waals surface area contributed by atoms with Gasteiger partial charge < -0.3 is 9.88 Å². The molecule has 1 aliphatic heterocycles. The maximum Gasteiger partial charge on any atom is 0.326 e. The molecule has 156 valence electrons. The van der Waals surface area contributed by atoms with Crippen LogP contribution in [0.3, 0.4) is 0 Å². The number of fused-ring (bicyclic) bond motifs is 1. The molecule has 1 aromatic heterocycles. The van der Waals surface area contributed by atoms with Crippen LogP contribution in [0.5, 0.6) is 0 Å². The lowest BCUT2D eigenvalue weighted by atomic mass is 10.0. The van der Waals surface area contributed by atoms with Gasteiger partial charge in [-0.05, 0) is 55.8 Å². The average molecular weight is 404 g/mol. The fourth-order valence-electron chi connectivity index (χ4n) is 5.12. The molecule has 30 heavy (non-hydrogen) atoms. The molecular weight excluding hydrogens is 374 g/mol. The maximum atomic E-state index is 12.5. The van der Waals surface area contributed by atoms with Crippen LogP contribution in [0.25, 0.3) is 11.0 Å². The van der Waals surface area contributed by atoms with Crippen molar-refractivity contribution < 1.29 is 4.79 Å². The lowest BCUT2D eigenvalue weighted by Gasteiger charge is -2.32. The smallest absolute Gasteiger partial charge is 0.306 e. The van der Waals surface area contributed by atoms with Gasteiger partial charge >= 0.3 is 5.69 Å². The number of hydrogen-bond acceptors (Lipinski definition) is 3. The van der Waals surface area contributed by atoms with E-state index in [0.29, 0.717) is 18.1 Å². The van der Waals surface area contributed by atoms with Crippen molar-refractivity contribution in [1.82, 2.24) is 14.5 Å². The Balaban J connectivity index is 1.09. The molecule has 1 saturated carbocycles. The van der Waals surface area contributed by atoms with Crippen LogP contribution < -0.4 is 5.69 Å². The van der Waals surface area contributed by atoms with Crippen molar-refractivity contribution >= 4 is 16.8 Å². The van der Waals surface area contributed by atoms with Crippen LogP contribution >= 0.6 is 0 Å². The minimum absolute atomic E-state index is 0.00218. The number of carbonyl (C=O) groups excluding carboxylic acids is 1. The summed E-state index contributed by atoms with van der Waals surface area (Å²) in [6.07, 6.45) is 4.61. The zero-order valence-corrected chi connectivity index (χ0v) is 17.3. The Hall–Kier alpha value is -2.66. The van der Waals surface area contributed by atoms with Crippen molar-refractivity contribution in [3.8, 4) is 0 Å². The molecule has 5 nitrogen and oxygen atoms in total. The zero-order valence-electron chi connectivity index (χ0n) is 17.3. The minimum Gasteiger partial charge on any atom is -0.306 e.